The summed E-state index contributed by atoms with van der Waals surface area (Å²) in [5.41, 5.74) is 4.77. The number of sulfonamides is 1. The lowest BCUT2D eigenvalue weighted by atomic mass is 9.53. The van der Waals surface area contributed by atoms with Crippen molar-refractivity contribution >= 4 is 21.4 Å². The van der Waals surface area contributed by atoms with Crippen molar-refractivity contribution in [3.63, 3.8) is 0 Å². The number of fused-ring (bicyclic) bond motifs is 5. The van der Waals surface area contributed by atoms with Gasteiger partial charge in [0.05, 0.1) is 22.2 Å². The first-order valence-corrected chi connectivity index (χ1v) is 12.3. The molecule has 1 aromatic carbocycles. The highest BCUT2D eigenvalue weighted by Crippen LogP contribution is 2.56. The van der Waals surface area contributed by atoms with E-state index in [0.29, 0.717) is 4.90 Å². The lowest BCUT2D eigenvalue weighted by molar-refractivity contribution is 0.0855. The Bertz CT molecular complexity index is 1150. The van der Waals surface area contributed by atoms with Crippen LogP contribution in [0, 0.1) is 11.3 Å². The average molecular weight is 420 g/mol. The molecule has 1 unspecified atom stereocenters. The van der Waals surface area contributed by atoms with E-state index in [1.165, 1.54) is 16.9 Å². The van der Waals surface area contributed by atoms with Crippen molar-refractivity contribution in [2.24, 2.45) is 21.5 Å². The summed E-state index contributed by atoms with van der Waals surface area (Å²) in [5, 5.41) is 9.26. The highest BCUT2D eigenvalue weighted by Gasteiger charge is 2.55. The molecule has 2 bridgehead atoms. The van der Waals surface area contributed by atoms with Crippen molar-refractivity contribution in [2.75, 3.05) is 0 Å². The molecule has 3 fully saturated rings. The molecule has 154 valence electrons. The fourth-order valence-corrected chi connectivity index (χ4v) is 7.56. The molecule has 0 aromatic heterocycles. The summed E-state index contributed by atoms with van der Waals surface area (Å²) in [7, 11) is -3.50. The third-order valence-electron chi connectivity index (χ3n) is 7.81. The third-order valence-corrected chi connectivity index (χ3v) is 9.40. The number of rotatable bonds is 4. The maximum absolute atomic E-state index is 13.0. The van der Waals surface area contributed by atoms with Gasteiger partial charge in [-0.2, -0.15) is 10.2 Å². The van der Waals surface area contributed by atoms with Gasteiger partial charge in [-0.05, 0) is 74.3 Å². The van der Waals surface area contributed by atoms with Crippen LogP contribution in [0.2, 0.25) is 0 Å². The number of nitrogens with one attached hydrogen (secondary N) is 1. The van der Waals surface area contributed by atoms with Crippen LogP contribution in [-0.2, 0) is 10.0 Å². The molecule has 5 nitrogen and oxygen atoms in total. The zero-order chi connectivity index (χ0) is 20.4. The van der Waals surface area contributed by atoms with Gasteiger partial charge in [0.25, 0.3) is 0 Å². The number of allylic oxidation sites excluding steroid dienone is 6. The van der Waals surface area contributed by atoms with Crippen molar-refractivity contribution in [3.05, 3.63) is 65.8 Å². The quantitative estimate of drug-likeness (QED) is 0.790. The predicted molar refractivity (Wildman–Crippen MR) is 118 cm³/mol. The largest absolute Gasteiger partial charge is 0.241 e. The van der Waals surface area contributed by atoms with Crippen LogP contribution in [0.5, 0.6) is 0 Å². The van der Waals surface area contributed by atoms with Gasteiger partial charge in [-0.15, -0.1) is 0 Å². The minimum atomic E-state index is -3.50. The Hall–Kier alpha value is -2.31. The lowest BCUT2D eigenvalue weighted by Gasteiger charge is -2.54. The zero-order valence-electron chi connectivity index (χ0n) is 16.8. The summed E-state index contributed by atoms with van der Waals surface area (Å²) in [6.45, 7) is 0. The Kier molecular flexibility index (Phi) is 3.90. The van der Waals surface area contributed by atoms with Gasteiger partial charge in [0.1, 0.15) is 0 Å². The minimum Gasteiger partial charge on any atom is -0.207 e. The molecule has 1 aliphatic heterocycles. The van der Waals surface area contributed by atoms with E-state index in [1.54, 1.807) is 24.3 Å². The lowest BCUT2D eigenvalue weighted by Crippen LogP contribution is -2.58. The van der Waals surface area contributed by atoms with Crippen molar-refractivity contribution in [2.45, 2.75) is 55.4 Å². The summed E-state index contributed by atoms with van der Waals surface area (Å²) in [6.07, 6.45) is 15.3. The fourth-order valence-electron chi connectivity index (χ4n) is 6.05. The highest BCUT2D eigenvalue weighted by molar-refractivity contribution is 7.89. The molecule has 1 N–H and O–H groups in total. The number of benzene rings is 1. The Morgan fingerprint density at radius 3 is 2.37 bits per heavy atom. The van der Waals surface area contributed by atoms with Crippen LogP contribution in [0.15, 0.2) is 80.9 Å². The first-order chi connectivity index (χ1) is 14.5. The van der Waals surface area contributed by atoms with E-state index in [9.17, 15) is 8.42 Å². The second-order valence-corrected chi connectivity index (χ2v) is 11.0. The summed E-state index contributed by atoms with van der Waals surface area (Å²) in [6, 6.07) is 8.71. The second kappa shape index (κ2) is 6.34. The number of hydrogen-bond acceptors (Lipinski definition) is 4. The average Bonchev–Trinajstić information content (AvgIpc) is 3.42. The molecule has 1 atom stereocenters. The molecule has 0 radical (unpaired) electrons. The maximum atomic E-state index is 13.0. The zero-order valence-corrected chi connectivity index (χ0v) is 17.7. The second-order valence-electron chi connectivity index (χ2n) is 9.34. The minimum absolute atomic E-state index is 0.0512. The molecular formula is C24H25N3O2S. The number of nitrogens with zero attached hydrogens (tertiary/aromatic N) is 2. The molecule has 1 aromatic rings. The number of hydrogen-bond donors (Lipinski definition) is 1. The van der Waals surface area contributed by atoms with E-state index in [4.69, 9.17) is 5.10 Å². The Balaban J connectivity index is 1.24. The van der Waals surface area contributed by atoms with E-state index < -0.39 is 10.0 Å². The van der Waals surface area contributed by atoms with Gasteiger partial charge in [0.15, 0.2) is 0 Å². The highest BCUT2D eigenvalue weighted by atomic mass is 32.2. The van der Waals surface area contributed by atoms with Gasteiger partial charge in [0.2, 0.25) is 10.0 Å². The Morgan fingerprint density at radius 1 is 0.900 bits per heavy atom. The van der Waals surface area contributed by atoms with Gasteiger partial charge < -0.3 is 0 Å². The van der Waals surface area contributed by atoms with Gasteiger partial charge in [-0.1, -0.05) is 36.4 Å². The smallest absolute Gasteiger partial charge is 0.207 e. The molecular weight excluding hydrogens is 394 g/mol. The van der Waals surface area contributed by atoms with Crippen LogP contribution >= 0.6 is 0 Å². The van der Waals surface area contributed by atoms with Gasteiger partial charge in [-0.25, -0.2) is 13.1 Å². The van der Waals surface area contributed by atoms with Crippen molar-refractivity contribution in [3.8, 4) is 0 Å². The molecule has 6 aliphatic rings. The van der Waals surface area contributed by atoms with Crippen molar-refractivity contribution in [1.82, 2.24) is 4.72 Å². The molecule has 5 aliphatic carbocycles. The molecule has 1 heterocycles. The summed E-state index contributed by atoms with van der Waals surface area (Å²) in [4.78, 5) is 0.349. The third kappa shape index (κ3) is 2.66. The SMILES string of the molecule is O=S(=O)(NC12CCC(C3=NN=C4C=CC5=C(C=CC5)C43)(CC1)CC2)c1ccccc1. The maximum Gasteiger partial charge on any atom is 0.241 e. The standard InChI is InChI=1S/C24H25N3O2S/c28-30(29,18-6-2-1-3-7-18)27-24-14-11-23(12-15-24,13-16-24)22-21-19-8-4-5-17(19)9-10-20(21)25-26-22/h1-4,6-10,21,27H,5,11-16H2. The van der Waals surface area contributed by atoms with E-state index in [1.807, 2.05) is 6.07 Å². The van der Waals surface area contributed by atoms with Crippen LogP contribution in [0.1, 0.15) is 44.9 Å². The van der Waals surface area contributed by atoms with Gasteiger partial charge in [-0.3, -0.25) is 0 Å². The first-order valence-electron chi connectivity index (χ1n) is 10.8. The van der Waals surface area contributed by atoms with Gasteiger partial charge >= 0.3 is 0 Å². The van der Waals surface area contributed by atoms with E-state index in [0.717, 1.165) is 50.7 Å². The summed E-state index contributed by atoms with van der Waals surface area (Å²) < 4.78 is 29.0. The molecule has 30 heavy (non-hydrogen) atoms. The van der Waals surface area contributed by atoms with Crippen LogP contribution in [-0.4, -0.2) is 25.4 Å². The summed E-state index contributed by atoms with van der Waals surface area (Å²) >= 11 is 0. The van der Waals surface area contributed by atoms with Crippen LogP contribution < -0.4 is 4.72 Å². The fraction of sp³-hybridized carbons (Fsp3) is 0.417. The van der Waals surface area contributed by atoms with Crippen LogP contribution in [0.25, 0.3) is 0 Å². The molecule has 0 amide bonds. The van der Waals surface area contributed by atoms with Crippen LogP contribution in [0.3, 0.4) is 0 Å². The molecule has 3 saturated carbocycles. The van der Waals surface area contributed by atoms with E-state index in [-0.39, 0.29) is 16.9 Å². The molecule has 0 saturated heterocycles. The van der Waals surface area contributed by atoms with Crippen LogP contribution in [0.4, 0.5) is 0 Å². The predicted octanol–water partition coefficient (Wildman–Crippen LogP) is 4.31. The summed E-state index contributed by atoms with van der Waals surface area (Å²) in [5.74, 6) is 0.204. The molecule has 6 heteroatoms. The Labute approximate surface area is 177 Å². The Morgan fingerprint density at radius 2 is 1.63 bits per heavy atom. The molecule has 0 spiro atoms. The van der Waals surface area contributed by atoms with Crippen molar-refractivity contribution in [1.29, 1.82) is 0 Å². The first kappa shape index (κ1) is 18.5. The topological polar surface area (TPSA) is 70.9 Å². The normalized spacial score (nSPS) is 34.1. The molecule has 7 rings (SSSR count). The van der Waals surface area contributed by atoms with E-state index in [2.05, 4.69) is 34.1 Å². The van der Waals surface area contributed by atoms with Gasteiger partial charge in [0, 0.05) is 11.0 Å². The monoisotopic (exact) mass is 419 g/mol. The van der Waals surface area contributed by atoms with E-state index >= 15 is 0 Å². The van der Waals surface area contributed by atoms with Crippen molar-refractivity contribution < 1.29 is 8.42 Å².